The number of carbonyl (C=O) groups excluding carboxylic acids is 2. The van der Waals surface area contributed by atoms with Crippen molar-refractivity contribution >= 4 is 105 Å². The summed E-state index contributed by atoms with van der Waals surface area (Å²) in [5, 5.41) is 12.0. The van der Waals surface area contributed by atoms with Crippen LogP contribution in [-0.4, -0.2) is 33.6 Å². The molecule has 1 saturated heterocycles. The summed E-state index contributed by atoms with van der Waals surface area (Å²) in [6, 6.07) is 25.2. The maximum absolute atomic E-state index is 15.6. The largest absolute Gasteiger partial charge is 0.426 e. The lowest BCUT2D eigenvalue weighted by Gasteiger charge is -2.40. The van der Waals surface area contributed by atoms with E-state index in [4.69, 9.17) is 33.1 Å². The van der Waals surface area contributed by atoms with Crippen molar-refractivity contribution in [1.29, 1.82) is 0 Å². The number of esters is 2. The molecule has 0 radical (unpaired) electrons. The summed E-state index contributed by atoms with van der Waals surface area (Å²) in [4.78, 5) is 42.1. The van der Waals surface area contributed by atoms with E-state index in [9.17, 15) is 23.9 Å². The van der Waals surface area contributed by atoms with Gasteiger partial charge in [-0.25, -0.2) is 4.39 Å². The van der Waals surface area contributed by atoms with Gasteiger partial charge in [0, 0.05) is 32.6 Å². The minimum atomic E-state index is -2.00. The summed E-state index contributed by atoms with van der Waals surface area (Å²) in [6.07, 6.45) is 1.88. The number of rotatable bonds is 13. The van der Waals surface area contributed by atoms with Crippen LogP contribution in [0, 0.1) is 22.9 Å². The molecule has 2 aliphatic rings. The van der Waals surface area contributed by atoms with Gasteiger partial charge in [-0.1, -0.05) is 94.5 Å². The zero-order chi connectivity index (χ0) is 39.7. The number of halogens is 1. The van der Waals surface area contributed by atoms with E-state index in [0.29, 0.717) is 38.5 Å². The van der Waals surface area contributed by atoms with Crippen molar-refractivity contribution in [3.05, 3.63) is 129 Å². The topological polar surface area (TPSA) is 122 Å². The second-order valence-electron chi connectivity index (χ2n) is 12.7. The Morgan fingerprint density at radius 3 is 2.07 bits per heavy atom. The number of aryl methyl sites for hydroxylation is 1. The van der Waals surface area contributed by atoms with Crippen molar-refractivity contribution in [1.82, 2.24) is 0 Å². The Balaban J connectivity index is 1.22. The zero-order valence-corrected chi connectivity index (χ0v) is 35.8. The molecule has 0 aromatic heterocycles. The van der Waals surface area contributed by atoms with E-state index < -0.39 is 55.0 Å². The van der Waals surface area contributed by atoms with Crippen LogP contribution in [-0.2, 0) is 48.8 Å². The molecule has 4 aromatic rings. The highest BCUT2D eigenvalue weighted by molar-refractivity contribution is 9.48. The zero-order valence-electron chi connectivity index (χ0n) is 29.9. The van der Waals surface area contributed by atoms with Crippen molar-refractivity contribution in [3.8, 4) is 11.5 Å². The molecule has 1 heterocycles. The Kier molecular flexibility index (Phi) is 12.7. The van der Waals surface area contributed by atoms with Crippen molar-refractivity contribution in [3.63, 3.8) is 0 Å². The van der Waals surface area contributed by atoms with E-state index in [1.165, 1.54) is 17.7 Å². The van der Waals surface area contributed by atoms with Crippen LogP contribution < -0.4 is 20.1 Å². The average molecular weight is 874 g/mol. The number of ether oxygens (including phenoxy) is 2. The summed E-state index contributed by atoms with van der Waals surface area (Å²) >= 11 is 15.6. The van der Waals surface area contributed by atoms with Gasteiger partial charge in [-0.3, -0.25) is 13.8 Å². The highest BCUT2D eigenvalue weighted by atomic mass is 33.7. The fourth-order valence-corrected chi connectivity index (χ4v) is 48.7. The lowest BCUT2D eigenvalue weighted by atomic mass is 10.00. The van der Waals surface area contributed by atoms with Gasteiger partial charge < -0.3 is 14.3 Å². The lowest BCUT2D eigenvalue weighted by molar-refractivity contribution is -0.768. The number of benzene rings is 4. The van der Waals surface area contributed by atoms with Crippen molar-refractivity contribution in [2.45, 2.75) is 51.0 Å². The first-order valence-corrected chi connectivity index (χ1v) is 28.0. The third-order valence-electron chi connectivity index (χ3n) is 8.86. The second-order valence-corrected chi connectivity index (χ2v) is 35.4. The molecule has 9 nitrogen and oxygen atoms in total. The number of fused-ring (bicyclic) bond motifs is 1. The third-order valence-corrected chi connectivity index (χ3v) is 41.0. The minimum absolute atomic E-state index is 0.159. The molecule has 0 saturated carbocycles. The Morgan fingerprint density at radius 1 is 0.909 bits per heavy atom. The SMILES string of the molecule is CCC(CC(=O)Oc1cc2c(cc1F)C(CC(=O)Oc1ccc(P3(=S)SP(=S)(c4ccc(C)cc4)S3)cc1)=C(C)/C2=C/c1ccc(S(C)=O)cc1)O[N+](=O)[O-]. The summed E-state index contributed by atoms with van der Waals surface area (Å²) < 4.78 is 34.8. The first-order valence-electron chi connectivity index (χ1n) is 16.8. The molecule has 6 rings (SSSR count). The summed E-state index contributed by atoms with van der Waals surface area (Å²) in [6.45, 7) is 5.46. The van der Waals surface area contributed by atoms with Gasteiger partial charge >= 0.3 is 11.9 Å². The monoisotopic (exact) mass is 873 g/mol. The maximum Gasteiger partial charge on any atom is 0.315 e. The van der Waals surface area contributed by atoms with Crippen LogP contribution in [0.15, 0.2) is 95.4 Å². The first kappa shape index (κ1) is 41.2. The number of allylic oxidation sites excluding steroid dienone is 2. The van der Waals surface area contributed by atoms with Crippen LogP contribution in [0.5, 0.6) is 11.5 Å². The lowest BCUT2D eigenvalue weighted by Crippen LogP contribution is -2.23. The van der Waals surface area contributed by atoms with Crippen LogP contribution in [0.2, 0.25) is 0 Å². The van der Waals surface area contributed by atoms with E-state index in [0.717, 1.165) is 16.2 Å². The van der Waals surface area contributed by atoms with Crippen LogP contribution in [0.1, 0.15) is 55.4 Å². The molecule has 1 fully saturated rings. The van der Waals surface area contributed by atoms with Gasteiger partial charge in [0.2, 0.25) is 0 Å². The van der Waals surface area contributed by atoms with Crippen LogP contribution in [0.3, 0.4) is 0 Å². The fourth-order valence-electron chi connectivity index (χ4n) is 5.95. The number of carbonyl (C=O) groups is 2. The van der Waals surface area contributed by atoms with E-state index >= 15 is 4.39 Å². The average Bonchev–Trinajstić information content (AvgIpc) is 3.36. The molecule has 0 spiro atoms. The Bertz CT molecular complexity index is 2370. The number of nitrogens with zero attached hydrogens (tertiary/aromatic N) is 1. The molecule has 0 N–H and O–H groups in total. The van der Waals surface area contributed by atoms with E-state index in [2.05, 4.69) is 29.1 Å². The molecular formula is C38H34FNO8P2S5. The highest BCUT2D eigenvalue weighted by Crippen LogP contribution is 3.04. The van der Waals surface area contributed by atoms with Gasteiger partial charge in [-0.15, -0.1) is 10.1 Å². The van der Waals surface area contributed by atoms with Crippen molar-refractivity contribution in [2.75, 3.05) is 6.26 Å². The molecular weight excluding hydrogens is 840 g/mol. The summed E-state index contributed by atoms with van der Waals surface area (Å²) in [5.74, 6) is -2.38. The predicted molar refractivity (Wildman–Crippen MR) is 229 cm³/mol. The Morgan fingerprint density at radius 2 is 1.51 bits per heavy atom. The molecule has 0 amide bonds. The minimum Gasteiger partial charge on any atom is -0.426 e. The normalized spacial score (nSPS) is 20.6. The number of hydrogen-bond donors (Lipinski definition) is 0. The fraction of sp³-hybridized carbons (Fsp3) is 0.211. The molecule has 17 heteroatoms. The van der Waals surface area contributed by atoms with Crippen molar-refractivity contribution < 1.29 is 37.6 Å². The van der Waals surface area contributed by atoms with Crippen LogP contribution >= 0.6 is 30.9 Å². The maximum atomic E-state index is 15.6. The van der Waals surface area contributed by atoms with E-state index in [-0.39, 0.29) is 18.6 Å². The van der Waals surface area contributed by atoms with Gasteiger partial charge in [0.05, 0.1) is 21.7 Å². The molecule has 1 aliphatic heterocycles. The molecule has 2 atom stereocenters. The van der Waals surface area contributed by atoms with E-state index in [1.54, 1.807) is 71.6 Å². The second kappa shape index (κ2) is 17.0. The molecule has 0 bridgehead atoms. The first-order chi connectivity index (χ1) is 26.1. The molecule has 4 aromatic carbocycles. The van der Waals surface area contributed by atoms with Gasteiger partial charge in [0.25, 0.3) is 5.09 Å². The molecule has 1 aliphatic carbocycles. The Labute approximate surface area is 338 Å². The van der Waals surface area contributed by atoms with Gasteiger partial charge in [-0.2, -0.15) is 0 Å². The smallest absolute Gasteiger partial charge is 0.315 e. The molecule has 286 valence electrons. The van der Waals surface area contributed by atoms with Crippen molar-refractivity contribution in [2.24, 2.45) is 0 Å². The van der Waals surface area contributed by atoms with Gasteiger partial charge in [0.15, 0.2) is 11.6 Å². The summed E-state index contributed by atoms with van der Waals surface area (Å²) in [5.41, 5.74) is 4.71. The van der Waals surface area contributed by atoms with Gasteiger partial charge in [0.1, 0.15) is 11.9 Å². The van der Waals surface area contributed by atoms with Gasteiger partial charge in [-0.05, 0) is 108 Å². The third kappa shape index (κ3) is 9.42. The van der Waals surface area contributed by atoms with Crippen LogP contribution in [0.25, 0.3) is 17.2 Å². The highest BCUT2D eigenvalue weighted by Gasteiger charge is 2.45. The van der Waals surface area contributed by atoms with Crippen LogP contribution in [0.4, 0.5) is 4.39 Å². The summed E-state index contributed by atoms with van der Waals surface area (Å²) in [7, 11) is -1.18. The molecule has 55 heavy (non-hydrogen) atoms. The standard InChI is InChI=1S/C38H34FNO8P2S5/c1-5-26(48-40(43)44)19-37(41)47-36-21-34-31(18-25-8-16-30(17-9-25)55(4)45)24(3)32(33(34)20-35(36)39)22-38(42)46-27-10-14-29(15-11-27)50(52)53-49(51,54-50)28-12-6-23(2)7-13-28/h6-18,20-21,26H,5,19,22H2,1-4H3/b31-18-. The molecule has 2 unspecified atom stereocenters. The predicted octanol–water partition coefficient (Wildman–Crippen LogP) is 9.53. The van der Waals surface area contributed by atoms with E-state index in [1.807, 2.05) is 32.1 Å². The Hall–Kier alpha value is -3.42. The quantitative estimate of drug-likeness (QED) is 0.0418. The number of hydrogen-bond acceptors (Lipinski definition) is 12.